The van der Waals surface area contributed by atoms with E-state index in [-0.39, 0.29) is 17.9 Å². The molecule has 0 spiro atoms. The molecule has 1 aromatic carbocycles. The first-order chi connectivity index (χ1) is 9.79. The van der Waals surface area contributed by atoms with Crippen LogP contribution in [0.4, 0.5) is 5.69 Å². The van der Waals surface area contributed by atoms with Crippen LogP contribution in [0, 0.1) is 0 Å². The van der Waals surface area contributed by atoms with Crippen molar-refractivity contribution in [2.24, 2.45) is 5.73 Å². The smallest absolute Gasteiger partial charge is 0.303 e. The Hall–Kier alpha value is -1.88. The van der Waals surface area contributed by atoms with Gasteiger partial charge in [0.1, 0.15) is 0 Å². The van der Waals surface area contributed by atoms with Crippen LogP contribution in [0.3, 0.4) is 0 Å². The Balaban J connectivity index is 2.72. The van der Waals surface area contributed by atoms with Gasteiger partial charge in [-0.15, -0.1) is 0 Å². The highest BCUT2D eigenvalue weighted by atomic mass is 16.4. The molecule has 0 aromatic heterocycles. The zero-order valence-corrected chi connectivity index (χ0v) is 12.7. The Morgan fingerprint density at radius 1 is 1.19 bits per heavy atom. The molecule has 116 valence electrons. The normalized spacial score (nSPS) is 11.2. The van der Waals surface area contributed by atoms with Gasteiger partial charge in [-0.05, 0) is 38.8 Å². The lowest BCUT2D eigenvalue weighted by molar-refractivity contribution is -0.137. The van der Waals surface area contributed by atoms with Crippen molar-refractivity contribution in [1.29, 1.82) is 0 Å². The van der Waals surface area contributed by atoms with Gasteiger partial charge >= 0.3 is 5.97 Å². The minimum atomic E-state index is -0.849. The van der Waals surface area contributed by atoms with Crippen molar-refractivity contribution in [1.82, 2.24) is 0 Å². The third-order valence-corrected chi connectivity index (χ3v) is 3.12. The van der Waals surface area contributed by atoms with Crippen LogP contribution < -0.4 is 10.6 Å². The highest BCUT2D eigenvalue weighted by Crippen LogP contribution is 2.17. The van der Waals surface area contributed by atoms with Crippen LogP contribution in [0.5, 0.6) is 0 Å². The number of hydrogen-bond acceptors (Lipinski definition) is 3. The van der Waals surface area contributed by atoms with Gasteiger partial charge in [0.2, 0.25) is 5.91 Å². The van der Waals surface area contributed by atoms with E-state index in [1.54, 1.807) is 4.90 Å². The van der Waals surface area contributed by atoms with Gasteiger partial charge in [-0.3, -0.25) is 9.59 Å². The molecule has 0 fully saturated rings. The van der Waals surface area contributed by atoms with Crippen LogP contribution >= 0.6 is 0 Å². The maximum absolute atomic E-state index is 12.4. The predicted molar refractivity (Wildman–Crippen MR) is 83.2 cm³/mol. The zero-order chi connectivity index (χ0) is 15.9. The summed E-state index contributed by atoms with van der Waals surface area (Å²) in [5.74, 6) is -0.872. The highest BCUT2D eigenvalue weighted by molar-refractivity contribution is 5.93. The number of amides is 1. The number of rotatable bonds is 8. The molecule has 3 N–H and O–H groups in total. The maximum Gasteiger partial charge on any atom is 0.303 e. The van der Waals surface area contributed by atoms with Gasteiger partial charge in [-0.1, -0.05) is 18.2 Å². The number of benzene rings is 1. The van der Waals surface area contributed by atoms with Crippen LogP contribution in [0.15, 0.2) is 30.3 Å². The second-order valence-corrected chi connectivity index (χ2v) is 5.87. The molecule has 1 rings (SSSR count). The summed E-state index contributed by atoms with van der Waals surface area (Å²) in [6.45, 7) is 4.18. The predicted octanol–water partition coefficient (Wildman–Crippen LogP) is 2.40. The molecule has 0 unspecified atom stereocenters. The molecule has 5 heteroatoms. The summed E-state index contributed by atoms with van der Waals surface area (Å²) in [7, 11) is 0. The number of carboxylic acids is 1. The molecule has 0 heterocycles. The Kier molecular flexibility index (Phi) is 6.37. The molecular formula is C16H24N2O3. The van der Waals surface area contributed by atoms with Gasteiger partial charge in [-0.2, -0.15) is 0 Å². The Morgan fingerprint density at radius 2 is 1.81 bits per heavy atom. The summed E-state index contributed by atoms with van der Waals surface area (Å²) in [4.78, 5) is 24.7. The van der Waals surface area contributed by atoms with E-state index in [2.05, 4.69) is 0 Å². The largest absolute Gasteiger partial charge is 0.481 e. The third kappa shape index (κ3) is 6.90. The quantitative estimate of drug-likeness (QED) is 0.770. The van der Waals surface area contributed by atoms with Gasteiger partial charge in [0, 0.05) is 30.6 Å². The van der Waals surface area contributed by atoms with Gasteiger partial charge in [0.05, 0.1) is 0 Å². The van der Waals surface area contributed by atoms with E-state index in [1.165, 1.54) is 0 Å². The Morgan fingerprint density at radius 3 is 2.33 bits per heavy atom. The average molecular weight is 292 g/mol. The number of hydrogen-bond donors (Lipinski definition) is 2. The molecule has 0 aliphatic carbocycles. The molecule has 0 atom stereocenters. The first kappa shape index (κ1) is 17.2. The van der Waals surface area contributed by atoms with E-state index in [9.17, 15) is 9.59 Å². The van der Waals surface area contributed by atoms with E-state index in [0.717, 1.165) is 5.69 Å². The number of carbonyl (C=O) groups is 2. The first-order valence-corrected chi connectivity index (χ1v) is 7.16. The minimum absolute atomic E-state index is 0.0230. The second-order valence-electron chi connectivity index (χ2n) is 5.87. The summed E-state index contributed by atoms with van der Waals surface area (Å²) < 4.78 is 0. The Labute approximate surface area is 125 Å². The van der Waals surface area contributed by atoms with Crippen molar-refractivity contribution in [3.63, 3.8) is 0 Å². The van der Waals surface area contributed by atoms with Crippen LogP contribution in [0.2, 0.25) is 0 Å². The standard InChI is InChI=1S/C16H24N2O3/c1-16(2,17)11-10-14(19)18(12-6-9-15(20)21)13-7-4-3-5-8-13/h3-5,7-8H,6,9-12,17H2,1-2H3,(H,20,21). The highest BCUT2D eigenvalue weighted by Gasteiger charge is 2.19. The monoisotopic (exact) mass is 292 g/mol. The van der Waals surface area contributed by atoms with E-state index in [4.69, 9.17) is 10.8 Å². The topological polar surface area (TPSA) is 83.6 Å². The summed E-state index contributed by atoms with van der Waals surface area (Å²) in [6.07, 6.45) is 1.43. The summed E-state index contributed by atoms with van der Waals surface area (Å²) >= 11 is 0. The molecule has 0 saturated heterocycles. The fraction of sp³-hybridized carbons (Fsp3) is 0.500. The number of nitrogens with zero attached hydrogens (tertiary/aromatic N) is 1. The fourth-order valence-electron chi connectivity index (χ4n) is 1.96. The lowest BCUT2D eigenvalue weighted by Gasteiger charge is -2.25. The molecular weight excluding hydrogens is 268 g/mol. The lowest BCUT2D eigenvalue weighted by atomic mass is 9.99. The van der Waals surface area contributed by atoms with Crippen LogP contribution in [-0.2, 0) is 9.59 Å². The number of carbonyl (C=O) groups excluding carboxylic acids is 1. The molecule has 0 aliphatic rings. The summed E-state index contributed by atoms with van der Waals surface area (Å²) in [5.41, 5.74) is 6.32. The van der Waals surface area contributed by atoms with E-state index >= 15 is 0 Å². The molecule has 0 aliphatic heterocycles. The molecule has 21 heavy (non-hydrogen) atoms. The molecule has 5 nitrogen and oxygen atoms in total. The zero-order valence-electron chi connectivity index (χ0n) is 12.7. The SMILES string of the molecule is CC(C)(N)CCC(=O)N(CCCC(=O)O)c1ccccc1. The van der Waals surface area contributed by atoms with Crippen molar-refractivity contribution in [2.45, 2.75) is 45.1 Å². The molecule has 1 aromatic rings. The number of carboxylic acid groups (broad SMARTS) is 1. The van der Waals surface area contributed by atoms with Gasteiger partial charge in [0.25, 0.3) is 0 Å². The number of nitrogens with two attached hydrogens (primary N) is 1. The lowest BCUT2D eigenvalue weighted by Crippen LogP contribution is -2.37. The van der Waals surface area contributed by atoms with E-state index < -0.39 is 5.97 Å². The number of aliphatic carboxylic acids is 1. The summed E-state index contributed by atoms with van der Waals surface area (Å²) in [5, 5.41) is 8.73. The van der Waals surface area contributed by atoms with E-state index in [1.807, 2.05) is 44.2 Å². The van der Waals surface area contributed by atoms with Crippen LogP contribution in [0.25, 0.3) is 0 Å². The fourth-order valence-corrected chi connectivity index (χ4v) is 1.96. The molecule has 0 radical (unpaired) electrons. The van der Waals surface area contributed by atoms with Crippen LogP contribution in [0.1, 0.15) is 39.5 Å². The molecule has 0 saturated carbocycles. The molecule has 1 amide bonds. The maximum atomic E-state index is 12.4. The van der Waals surface area contributed by atoms with Crippen molar-refractivity contribution in [3.8, 4) is 0 Å². The van der Waals surface area contributed by atoms with Crippen molar-refractivity contribution >= 4 is 17.6 Å². The van der Waals surface area contributed by atoms with Crippen LogP contribution in [-0.4, -0.2) is 29.1 Å². The molecule has 0 bridgehead atoms. The van der Waals surface area contributed by atoms with Crippen molar-refractivity contribution in [2.75, 3.05) is 11.4 Å². The van der Waals surface area contributed by atoms with Gasteiger partial charge in [-0.25, -0.2) is 0 Å². The second kappa shape index (κ2) is 7.78. The van der Waals surface area contributed by atoms with Gasteiger partial charge in [0.15, 0.2) is 0 Å². The van der Waals surface area contributed by atoms with Crippen molar-refractivity contribution in [3.05, 3.63) is 30.3 Å². The van der Waals surface area contributed by atoms with Gasteiger partial charge < -0.3 is 15.7 Å². The van der Waals surface area contributed by atoms with E-state index in [0.29, 0.717) is 25.8 Å². The van der Waals surface area contributed by atoms with Crippen molar-refractivity contribution < 1.29 is 14.7 Å². The summed E-state index contributed by atoms with van der Waals surface area (Å²) in [6, 6.07) is 9.31. The first-order valence-electron chi connectivity index (χ1n) is 7.16. The average Bonchev–Trinajstić information content (AvgIpc) is 2.41. The number of anilines is 1. The Bertz CT molecular complexity index is 466. The third-order valence-electron chi connectivity index (χ3n) is 3.12. The minimum Gasteiger partial charge on any atom is -0.481 e. The number of para-hydroxylation sites is 1.